The number of halogens is 1. The van der Waals surface area contributed by atoms with E-state index in [9.17, 15) is 4.79 Å². The van der Waals surface area contributed by atoms with Gasteiger partial charge in [0.25, 0.3) is 5.91 Å². The van der Waals surface area contributed by atoms with Gasteiger partial charge < -0.3 is 10.4 Å². The second kappa shape index (κ2) is 6.67. The Bertz CT molecular complexity index is 497. The van der Waals surface area contributed by atoms with Crippen LogP contribution in [0.1, 0.15) is 12.5 Å². The van der Waals surface area contributed by atoms with Gasteiger partial charge in [0.05, 0.1) is 0 Å². The van der Waals surface area contributed by atoms with E-state index in [0.29, 0.717) is 18.0 Å². The van der Waals surface area contributed by atoms with E-state index in [1.54, 1.807) is 18.2 Å². The number of aliphatic hydroxyl groups excluding tert-OH is 1. The lowest BCUT2D eigenvalue weighted by Gasteiger charge is -2.05. The highest BCUT2D eigenvalue weighted by atomic mass is 35.5. The summed E-state index contributed by atoms with van der Waals surface area (Å²) in [5, 5.41) is 21.0. The molecule has 1 aromatic carbocycles. The third-order valence-corrected chi connectivity index (χ3v) is 2.57. The van der Waals surface area contributed by atoms with E-state index in [-0.39, 0.29) is 11.3 Å². The lowest BCUT2D eigenvalue weighted by molar-refractivity contribution is -0.117. The van der Waals surface area contributed by atoms with Crippen molar-refractivity contribution in [2.45, 2.75) is 13.3 Å². The summed E-state index contributed by atoms with van der Waals surface area (Å²) in [5.41, 5.74) is 0.772. The molecule has 5 heteroatoms. The van der Waals surface area contributed by atoms with E-state index < -0.39 is 5.91 Å². The summed E-state index contributed by atoms with van der Waals surface area (Å²) in [6.45, 7) is 1.69. The molecular formula is C13H13ClN2O2. The summed E-state index contributed by atoms with van der Waals surface area (Å²) in [7, 11) is 0. The summed E-state index contributed by atoms with van der Waals surface area (Å²) in [6, 6.07) is 8.94. The van der Waals surface area contributed by atoms with Crippen molar-refractivity contribution in [3.8, 4) is 6.07 Å². The second-order valence-electron chi connectivity index (χ2n) is 3.70. The molecule has 0 unspecified atom stereocenters. The van der Waals surface area contributed by atoms with Crippen LogP contribution in [0.2, 0.25) is 5.02 Å². The first-order chi connectivity index (χ1) is 8.54. The lowest BCUT2D eigenvalue weighted by atomic mass is 10.1. The molecule has 0 saturated carbocycles. The summed E-state index contributed by atoms with van der Waals surface area (Å²) in [4.78, 5) is 11.5. The third-order valence-electron chi connectivity index (χ3n) is 2.31. The first kappa shape index (κ1) is 14.1. The van der Waals surface area contributed by atoms with Crippen LogP contribution in [-0.2, 0) is 11.2 Å². The predicted molar refractivity (Wildman–Crippen MR) is 69.1 cm³/mol. The Labute approximate surface area is 110 Å². The fourth-order valence-electron chi connectivity index (χ4n) is 1.36. The van der Waals surface area contributed by atoms with E-state index in [2.05, 4.69) is 5.32 Å². The quantitative estimate of drug-likeness (QED) is 0.498. The van der Waals surface area contributed by atoms with Crippen LogP contribution < -0.4 is 5.32 Å². The molecule has 0 bridgehead atoms. The topological polar surface area (TPSA) is 73.1 Å². The molecule has 1 amide bonds. The zero-order valence-corrected chi connectivity index (χ0v) is 10.7. The van der Waals surface area contributed by atoms with Crippen LogP contribution in [0.4, 0.5) is 0 Å². The number of benzene rings is 1. The maximum absolute atomic E-state index is 11.5. The molecule has 1 aromatic rings. The van der Waals surface area contributed by atoms with E-state index in [4.69, 9.17) is 22.0 Å². The number of amides is 1. The average Bonchev–Trinajstić information content (AvgIpc) is 2.32. The van der Waals surface area contributed by atoms with Crippen molar-refractivity contribution in [3.05, 3.63) is 46.2 Å². The minimum absolute atomic E-state index is 0.258. The Morgan fingerprint density at radius 2 is 2.06 bits per heavy atom. The molecule has 0 aliphatic heterocycles. The molecule has 4 nitrogen and oxygen atoms in total. The number of nitrogens with zero attached hydrogens (tertiary/aromatic N) is 1. The van der Waals surface area contributed by atoms with Gasteiger partial charge in [0.1, 0.15) is 11.8 Å². The fourth-order valence-corrected chi connectivity index (χ4v) is 1.48. The van der Waals surface area contributed by atoms with Gasteiger partial charge in [-0.05, 0) is 31.0 Å². The number of rotatable bonds is 4. The normalized spacial score (nSPS) is 11.4. The van der Waals surface area contributed by atoms with Crippen LogP contribution in [0.15, 0.2) is 35.6 Å². The Morgan fingerprint density at radius 3 is 2.56 bits per heavy atom. The largest absolute Gasteiger partial charge is 0.511 e. The van der Waals surface area contributed by atoms with E-state index >= 15 is 0 Å². The SMILES string of the molecule is C/C(O)=C(\C#N)C(=O)NCCc1ccc(Cl)cc1. The molecular weight excluding hydrogens is 252 g/mol. The van der Waals surface area contributed by atoms with E-state index in [0.717, 1.165) is 5.56 Å². The molecule has 0 aliphatic carbocycles. The maximum Gasteiger partial charge on any atom is 0.265 e. The number of hydrogen-bond acceptors (Lipinski definition) is 3. The monoisotopic (exact) mass is 264 g/mol. The number of allylic oxidation sites excluding steroid dienone is 1. The van der Waals surface area contributed by atoms with Crippen molar-refractivity contribution in [2.24, 2.45) is 0 Å². The van der Waals surface area contributed by atoms with Crippen molar-refractivity contribution in [1.29, 1.82) is 5.26 Å². The average molecular weight is 265 g/mol. The van der Waals surface area contributed by atoms with Gasteiger partial charge >= 0.3 is 0 Å². The summed E-state index contributed by atoms with van der Waals surface area (Å²) < 4.78 is 0. The van der Waals surface area contributed by atoms with Gasteiger partial charge in [0.15, 0.2) is 5.57 Å². The Kier molecular flexibility index (Phi) is 5.22. The maximum atomic E-state index is 11.5. The highest BCUT2D eigenvalue weighted by Crippen LogP contribution is 2.09. The highest BCUT2D eigenvalue weighted by molar-refractivity contribution is 6.30. The van der Waals surface area contributed by atoms with Crippen LogP contribution in [0.25, 0.3) is 0 Å². The Morgan fingerprint density at radius 1 is 1.44 bits per heavy atom. The molecule has 2 N–H and O–H groups in total. The van der Waals surface area contributed by atoms with Crippen LogP contribution in [0, 0.1) is 11.3 Å². The first-order valence-electron chi connectivity index (χ1n) is 5.37. The van der Waals surface area contributed by atoms with Crippen LogP contribution >= 0.6 is 11.6 Å². The van der Waals surface area contributed by atoms with Gasteiger partial charge in [-0.15, -0.1) is 0 Å². The highest BCUT2D eigenvalue weighted by Gasteiger charge is 2.11. The smallest absolute Gasteiger partial charge is 0.265 e. The minimum Gasteiger partial charge on any atom is -0.511 e. The van der Waals surface area contributed by atoms with Crippen LogP contribution in [0.5, 0.6) is 0 Å². The van der Waals surface area contributed by atoms with Gasteiger partial charge in [0.2, 0.25) is 0 Å². The Hall–Kier alpha value is -1.99. The van der Waals surface area contributed by atoms with Gasteiger partial charge in [0, 0.05) is 11.6 Å². The molecule has 0 fully saturated rings. The van der Waals surface area contributed by atoms with Crippen molar-refractivity contribution in [2.75, 3.05) is 6.54 Å². The molecule has 1 rings (SSSR count). The molecule has 94 valence electrons. The number of carbonyl (C=O) groups excluding carboxylic acids is 1. The zero-order chi connectivity index (χ0) is 13.5. The number of carbonyl (C=O) groups is 1. The first-order valence-corrected chi connectivity index (χ1v) is 5.75. The van der Waals surface area contributed by atoms with Crippen molar-refractivity contribution in [1.82, 2.24) is 5.32 Å². The summed E-state index contributed by atoms with van der Waals surface area (Å²) >= 11 is 5.75. The number of nitrogens with one attached hydrogen (secondary N) is 1. The Balaban J connectivity index is 2.48. The van der Waals surface area contributed by atoms with E-state index in [1.165, 1.54) is 6.92 Å². The summed E-state index contributed by atoms with van der Waals surface area (Å²) in [5.74, 6) is -0.840. The lowest BCUT2D eigenvalue weighted by Crippen LogP contribution is -2.27. The predicted octanol–water partition coefficient (Wildman–Crippen LogP) is 2.35. The van der Waals surface area contributed by atoms with Gasteiger partial charge in [-0.25, -0.2) is 0 Å². The molecule has 0 spiro atoms. The molecule has 0 aliphatic rings. The van der Waals surface area contributed by atoms with Crippen molar-refractivity contribution < 1.29 is 9.90 Å². The second-order valence-corrected chi connectivity index (χ2v) is 4.14. The number of nitriles is 1. The number of aliphatic hydroxyl groups is 1. The van der Waals surface area contributed by atoms with Gasteiger partial charge in [-0.1, -0.05) is 23.7 Å². The van der Waals surface area contributed by atoms with Crippen molar-refractivity contribution >= 4 is 17.5 Å². The minimum atomic E-state index is -0.563. The van der Waals surface area contributed by atoms with Crippen LogP contribution in [0.3, 0.4) is 0 Å². The van der Waals surface area contributed by atoms with Gasteiger partial charge in [-0.2, -0.15) is 5.26 Å². The molecule has 18 heavy (non-hydrogen) atoms. The zero-order valence-electron chi connectivity index (χ0n) is 9.90. The molecule has 0 atom stereocenters. The van der Waals surface area contributed by atoms with Gasteiger partial charge in [-0.3, -0.25) is 4.79 Å². The molecule has 0 aromatic heterocycles. The fraction of sp³-hybridized carbons (Fsp3) is 0.231. The summed E-state index contributed by atoms with van der Waals surface area (Å²) in [6.07, 6.45) is 0.631. The molecule has 0 saturated heterocycles. The van der Waals surface area contributed by atoms with Crippen molar-refractivity contribution in [3.63, 3.8) is 0 Å². The third kappa shape index (κ3) is 4.11. The molecule has 0 heterocycles. The van der Waals surface area contributed by atoms with Crippen LogP contribution in [-0.4, -0.2) is 17.6 Å². The number of hydrogen-bond donors (Lipinski definition) is 2. The van der Waals surface area contributed by atoms with E-state index in [1.807, 2.05) is 12.1 Å². The standard InChI is InChI=1S/C13H13ClN2O2/c1-9(17)12(8-15)13(18)16-7-6-10-2-4-11(14)5-3-10/h2-5,17H,6-7H2,1H3,(H,16,18)/b12-9-. The molecule has 0 radical (unpaired) electrons.